The summed E-state index contributed by atoms with van der Waals surface area (Å²) in [6.07, 6.45) is 1.65. The van der Waals surface area contributed by atoms with Crippen molar-refractivity contribution in [2.45, 2.75) is 26.3 Å². The largest absolute Gasteiger partial charge is 0.383 e. The van der Waals surface area contributed by atoms with Gasteiger partial charge in [0.15, 0.2) is 11.5 Å². The zero-order chi connectivity index (χ0) is 23.4. The number of aromatic amines is 1. The first kappa shape index (κ1) is 22.4. The Morgan fingerprint density at radius 3 is 2.64 bits per heavy atom. The van der Waals surface area contributed by atoms with Crippen LogP contribution in [0.15, 0.2) is 59.5 Å². The maximum absolute atomic E-state index is 12.7. The van der Waals surface area contributed by atoms with Crippen molar-refractivity contribution in [2.75, 3.05) is 20.3 Å². The van der Waals surface area contributed by atoms with Crippen molar-refractivity contribution in [2.24, 2.45) is 0 Å². The maximum Gasteiger partial charge on any atom is 0.328 e. The Balaban J connectivity index is 1.62. The highest BCUT2D eigenvalue weighted by molar-refractivity contribution is 5.94. The Kier molecular flexibility index (Phi) is 6.65. The molecule has 0 radical (unpaired) electrons. The molecule has 8 nitrogen and oxygen atoms in total. The van der Waals surface area contributed by atoms with Gasteiger partial charge in [-0.3, -0.25) is 9.36 Å². The minimum atomic E-state index is -0.255. The van der Waals surface area contributed by atoms with Crippen LogP contribution in [0, 0.1) is 0 Å². The van der Waals surface area contributed by atoms with Gasteiger partial charge >= 0.3 is 5.69 Å². The molecule has 0 fully saturated rings. The van der Waals surface area contributed by atoms with E-state index in [1.807, 2.05) is 30.3 Å². The molecule has 170 valence electrons. The van der Waals surface area contributed by atoms with Gasteiger partial charge in [0.2, 0.25) is 0 Å². The predicted octanol–water partition coefficient (Wildman–Crippen LogP) is 3.33. The molecule has 0 aliphatic carbocycles. The molecule has 4 rings (SSSR count). The number of hydrogen-bond donors (Lipinski definition) is 2. The van der Waals surface area contributed by atoms with Gasteiger partial charge in [0.25, 0.3) is 5.91 Å². The highest BCUT2D eigenvalue weighted by Crippen LogP contribution is 2.27. The number of ether oxygens (including phenoxy) is 1. The number of imidazole rings is 1. The van der Waals surface area contributed by atoms with Gasteiger partial charge < -0.3 is 15.0 Å². The summed E-state index contributed by atoms with van der Waals surface area (Å²) < 4.78 is 6.54. The molecule has 1 amide bonds. The monoisotopic (exact) mass is 445 g/mol. The van der Waals surface area contributed by atoms with E-state index in [0.29, 0.717) is 48.2 Å². The number of hydrogen-bond acceptors (Lipinski definition) is 5. The van der Waals surface area contributed by atoms with E-state index in [1.54, 1.807) is 30.0 Å². The van der Waals surface area contributed by atoms with Crippen LogP contribution >= 0.6 is 0 Å². The summed E-state index contributed by atoms with van der Waals surface area (Å²) in [5.74, 6) is 0.741. The first-order valence-electron chi connectivity index (χ1n) is 10.9. The molecule has 0 spiro atoms. The van der Waals surface area contributed by atoms with E-state index in [4.69, 9.17) is 9.72 Å². The molecular formula is C25H27N5O3. The number of amides is 1. The van der Waals surface area contributed by atoms with Crippen LogP contribution in [0.5, 0.6) is 0 Å². The van der Waals surface area contributed by atoms with Crippen LogP contribution in [0.4, 0.5) is 0 Å². The summed E-state index contributed by atoms with van der Waals surface area (Å²) in [4.78, 5) is 36.9. The molecule has 0 unspecified atom stereocenters. The van der Waals surface area contributed by atoms with Crippen molar-refractivity contribution >= 4 is 17.1 Å². The normalized spacial score (nSPS) is 11.3. The SMILES string of the molecule is COCCNC(=O)c1ccc(Cn2c(=O)[nH]c3cnc(-c4ccccc4C(C)C)nc32)cc1. The van der Waals surface area contributed by atoms with Crippen LogP contribution < -0.4 is 11.0 Å². The van der Waals surface area contributed by atoms with Crippen LogP contribution in [-0.4, -0.2) is 45.7 Å². The summed E-state index contributed by atoms with van der Waals surface area (Å²) in [5, 5.41) is 2.79. The summed E-state index contributed by atoms with van der Waals surface area (Å²) in [6, 6.07) is 15.2. The zero-order valence-electron chi connectivity index (χ0n) is 19.0. The van der Waals surface area contributed by atoms with Crippen LogP contribution in [0.25, 0.3) is 22.6 Å². The maximum atomic E-state index is 12.7. The Morgan fingerprint density at radius 1 is 1.15 bits per heavy atom. The van der Waals surface area contributed by atoms with E-state index >= 15 is 0 Å². The Hall–Kier alpha value is -3.78. The number of methoxy groups -OCH3 is 1. The molecule has 0 aliphatic rings. The number of benzene rings is 2. The number of nitrogens with zero attached hydrogens (tertiary/aromatic N) is 3. The van der Waals surface area contributed by atoms with E-state index in [0.717, 1.165) is 16.7 Å². The third-order valence-corrected chi connectivity index (χ3v) is 5.48. The second kappa shape index (κ2) is 9.79. The van der Waals surface area contributed by atoms with Gasteiger partial charge in [0, 0.05) is 24.8 Å². The van der Waals surface area contributed by atoms with Gasteiger partial charge in [0.05, 0.1) is 19.3 Å². The first-order chi connectivity index (χ1) is 16.0. The first-order valence-corrected chi connectivity index (χ1v) is 10.9. The summed E-state index contributed by atoms with van der Waals surface area (Å²) in [5.41, 5.74) is 4.42. The van der Waals surface area contributed by atoms with E-state index in [1.165, 1.54) is 0 Å². The lowest BCUT2D eigenvalue weighted by Crippen LogP contribution is -2.26. The molecule has 33 heavy (non-hydrogen) atoms. The lowest BCUT2D eigenvalue weighted by atomic mass is 9.97. The second-order valence-corrected chi connectivity index (χ2v) is 8.13. The Bertz CT molecular complexity index is 1320. The van der Waals surface area contributed by atoms with E-state index in [9.17, 15) is 9.59 Å². The van der Waals surface area contributed by atoms with Crippen molar-refractivity contribution in [3.05, 3.63) is 81.9 Å². The van der Waals surface area contributed by atoms with Crippen LogP contribution in [-0.2, 0) is 11.3 Å². The van der Waals surface area contributed by atoms with Gasteiger partial charge in [-0.2, -0.15) is 0 Å². The molecular weight excluding hydrogens is 418 g/mol. The van der Waals surface area contributed by atoms with Crippen molar-refractivity contribution in [1.82, 2.24) is 24.8 Å². The van der Waals surface area contributed by atoms with Gasteiger partial charge in [0.1, 0.15) is 5.52 Å². The number of aromatic nitrogens is 4. The number of rotatable bonds is 8. The number of nitrogens with one attached hydrogen (secondary N) is 2. The summed E-state index contributed by atoms with van der Waals surface area (Å²) in [7, 11) is 1.59. The van der Waals surface area contributed by atoms with Crippen molar-refractivity contribution in [3.63, 3.8) is 0 Å². The topological polar surface area (TPSA) is 102 Å². The molecule has 2 N–H and O–H groups in total. The fraction of sp³-hybridized carbons (Fsp3) is 0.280. The minimum Gasteiger partial charge on any atom is -0.383 e. The molecule has 4 aromatic rings. The third kappa shape index (κ3) is 4.85. The smallest absolute Gasteiger partial charge is 0.328 e. The lowest BCUT2D eigenvalue weighted by molar-refractivity contribution is 0.0937. The molecule has 0 atom stereocenters. The number of carbonyl (C=O) groups excluding carboxylic acids is 1. The van der Waals surface area contributed by atoms with E-state index in [2.05, 4.69) is 35.2 Å². The quantitative estimate of drug-likeness (QED) is 0.405. The molecule has 2 aromatic carbocycles. The molecule has 2 aromatic heterocycles. The van der Waals surface area contributed by atoms with Crippen molar-refractivity contribution in [3.8, 4) is 11.4 Å². The minimum absolute atomic E-state index is 0.163. The second-order valence-electron chi connectivity index (χ2n) is 8.13. The molecule has 0 saturated carbocycles. The van der Waals surface area contributed by atoms with Crippen LogP contribution in [0.2, 0.25) is 0 Å². The lowest BCUT2D eigenvalue weighted by Gasteiger charge is -2.11. The highest BCUT2D eigenvalue weighted by atomic mass is 16.5. The van der Waals surface area contributed by atoms with Crippen LogP contribution in [0.3, 0.4) is 0 Å². The standard InChI is InChI=1S/C25H27N5O3/c1-16(2)19-6-4-5-7-20(19)22-27-14-21-23(29-22)30(25(32)28-21)15-17-8-10-18(11-9-17)24(31)26-12-13-33-3/h4-11,14,16H,12-13,15H2,1-3H3,(H,26,31)(H,28,32). The van der Waals surface area contributed by atoms with Gasteiger partial charge in [-0.1, -0.05) is 50.2 Å². The molecule has 8 heteroatoms. The number of H-pyrrole nitrogens is 1. The van der Waals surface area contributed by atoms with Crippen LogP contribution in [0.1, 0.15) is 41.3 Å². The fourth-order valence-electron chi connectivity index (χ4n) is 3.74. The summed E-state index contributed by atoms with van der Waals surface area (Å²) >= 11 is 0. The van der Waals surface area contributed by atoms with Crippen molar-refractivity contribution < 1.29 is 9.53 Å². The van der Waals surface area contributed by atoms with Crippen molar-refractivity contribution in [1.29, 1.82) is 0 Å². The molecule has 0 saturated heterocycles. The molecule has 2 heterocycles. The average molecular weight is 446 g/mol. The average Bonchev–Trinajstić information content (AvgIpc) is 3.13. The Labute approximate surface area is 191 Å². The number of carbonyl (C=O) groups is 1. The van der Waals surface area contributed by atoms with Gasteiger partial charge in [-0.15, -0.1) is 0 Å². The zero-order valence-corrected chi connectivity index (χ0v) is 19.0. The number of fused-ring (bicyclic) bond motifs is 1. The summed E-state index contributed by atoms with van der Waals surface area (Å²) in [6.45, 7) is 5.49. The van der Waals surface area contributed by atoms with E-state index < -0.39 is 0 Å². The fourth-order valence-corrected chi connectivity index (χ4v) is 3.74. The highest BCUT2D eigenvalue weighted by Gasteiger charge is 2.15. The van der Waals surface area contributed by atoms with E-state index in [-0.39, 0.29) is 11.6 Å². The predicted molar refractivity (Wildman–Crippen MR) is 127 cm³/mol. The van der Waals surface area contributed by atoms with Gasteiger partial charge in [-0.25, -0.2) is 14.8 Å². The third-order valence-electron chi connectivity index (χ3n) is 5.48. The Morgan fingerprint density at radius 2 is 1.91 bits per heavy atom. The van der Waals surface area contributed by atoms with Gasteiger partial charge in [-0.05, 0) is 29.2 Å². The molecule has 0 bridgehead atoms. The molecule has 0 aliphatic heterocycles.